The van der Waals surface area contributed by atoms with Crippen molar-refractivity contribution in [1.82, 2.24) is 9.97 Å². The number of methoxy groups -OCH3 is 1. The van der Waals surface area contributed by atoms with E-state index in [4.69, 9.17) is 30.1 Å². The molecule has 2 aromatic rings. The molecule has 1 aliphatic carbocycles. The van der Waals surface area contributed by atoms with Gasteiger partial charge in [-0.25, -0.2) is 0 Å². The first-order valence-corrected chi connectivity index (χ1v) is 25.0. The molecule has 11 heteroatoms. The second-order valence-corrected chi connectivity index (χ2v) is 20.7. The number of aliphatic hydroxyl groups is 1. The number of rotatable bonds is 21. The molecule has 66 heavy (non-hydrogen) atoms. The number of ketones is 1. The Morgan fingerprint density at radius 3 is 2.05 bits per heavy atom. The number of hydrogen-bond donors (Lipinski definition) is 1. The molecule has 0 amide bonds. The van der Waals surface area contributed by atoms with Crippen molar-refractivity contribution >= 4 is 64.6 Å². The number of hydrogen-bond acceptors (Lipinski definition) is 6. The number of fused-ring (bicyclic) bond motifs is 7. The fourth-order valence-electron chi connectivity index (χ4n) is 10.9. The van der Waals surface area contributed by atoms with Crippen molar-refractivity contribution in [2.75, 3.05) is 13.7 Å². The molecule has 1 saturated heterocycles. The molecule has 4 aliphatic rings. The van der Waals surface area contributed by atoms with E-state index >= 15 is 0 Å². The molecule has 0 saturated carbocycles. The Labute approximate surface area is 411 Å². The first kappa shape index (κ1) is 53.4. The smallest absolute Gasteiger partial charge is 0.681 e. The second kappa shape index (κ2) is 23.6. The van der Waals surface area contributed by atoms with Crippen molar-refractivity contribution in [3.8, 4) is 0 Å². The minimum atomic E-state index is -1.22. The van der Waals surface area contributed by atoms with Gasteiger partial charge in [-0.1, -0.05) is 147 Å². The summed E-state index contributed by atoms with van der Waals surface area (Å²) >= 11 is 0. The molecule has 10 nitrogen and oxygen atoms in total. The molecule has 0 spiro atoms. The van der Waals surface area contributed by atoms with Crippen LogP contribution in [0.4, 0.5) is 0 Å². The molecule has 3 unspecified atom stereocenters. The van der Waals surface area contributed by atoms with Crippen molar-refractivity contribution in [3.63, 3.8) is 0 Å². The van der Waals surface area contributed by atoms with Gasteiger partial charge >= 0.3 is 35.0 Å². The molecule has 5 heterocycles. The Kier molecular flexibility index (Phi) is 19.1. The number of aliphatic hydroxyl groups excluding tert-OH is 1. The Morgan fingerprint density at radius 2 is 1.45 bits per heavy atom. The Hall–Kier alpha value is -3.54. The first-order valence-electron chi connectivity index (χ1n) is 25.0. The van der Waals surface area contributed by atoms with Gasteiger partial charge in [-0.3, -0.25) is 14.4 Å². The van der Waals surface area contributed by atoms with Gasteiger partial charge in [0.1, 0.15) is 5.92 Å². The van der Waals surface area contributed by atoms with Gasteiger partial charge in [0.15, 0.2) is 5.78 Å². The number of Topliss-reactive ketones (excluding diaryl/α,β-unsaturated/α-hetero) is 1. The fraction of sp³-hybridized carbons (Fsp3) is 0.655. The predicted molar refractivity (Wildman–Crippen MR) is 267 cm³/mol. The van der Waals surface area contributed by atoms with Gasteiger partial charge in [0.25, 0.3) is 0 Å². The van der Waals surface area contributed by atoms with E-state index in [1.165, 1.54) is 58.5 Å². The third-order valence-electron chi connectivity index (χ3n) is 15.2. The van der Waals surface area contributed by atoms with Gasteiger partial charge in [0.2, 0.25) is 0 Å². The van der Waals surface area contributed by atoms with Crippen LogP contribution in [0.5, 0.6) is 0 Å². The third kappa shape index (κ3) is 12.0. The van der Waals surface area contributed by atoms with Crippen LogP contribution in [-0.2, 0) is 19.1 Å². The van der Waals surface area contributed by atoms with Crippen LogP contribution in [0.2, 0.25) is 0 Å². The maximum absolute atomic E-state index is 14.4. The maximum atomic E-state index is 14.4. The van der Waals surface area contributed by atoms with Crippen LogP contribution >= 0.6 is 0 Å². The van der Waals surface area contributed by atoms with Crippen molar-refractivity contribution < 1.29 is 29.0 Å². The zero-order valence-electron chi connectivity index (χ0n) is 42.4. The molecule has 6 rings (SSSR count). The maximum Gasteiger partial charge on any atom is 2.00 e. The van der Waals surface area contributed by atoms with E-state index in [9.17, 15) is 19.5 Å². The SMILES string of the molecule is CC[C@@H]1C(C)=C2/C=c3\[n-]/c(c(C)c3C(C)O)=C\C3[N-]/C(=C4\c5[n-]c(c(C)c5C(=O)[C@@H]4C(=O)OC)/C=C/1[N-]2)[C@@H](CCC(=O)OCCC(C)CCC[C@H](C)CCC[C@H](C)CCCC(C)C)[C@@H]3C.[Mg+2]. The number of allylic oxidation sites excluding steroid dienone is 3. The summed E-state index contributed by atoms with van der Waals surface area (Å²) < 4.78 is 11.1. The third-order valence-corrected chi connectivity index (χ3v) is 15.2. The summed E-state index contributed by atoms with van der Waals surface area (Å²) in [7, 11) is 1.30. The van der Waals surface area contributed by atoms with E-state index in [-0.39, 0.29) is 59.0 Å². The molecule has 9 atom stereocenters. The molecular formula is C55H78MgN4O6-2. The summed E-state index contributed by atoms with van der Waals surface area (Å²) in [6.07, 6.45) is 19.0. The summed E-state index contributed by atoms with van der Waals surface area (Å²) in [6.45, 7) is 24.0. The van der Waals surface area contributed by atoms with Crippen LogP contribution in [0, 0.1) is 61.2 Å². The first-order chi connectivity index (χ1) is 30.9. The minimum Gasteiger partial charge on any atom is -0.681 e. The van der Waals surface area contributed by atoms with E-state index in [0.717, 1.165) is 65.1 Å². The number of esters is 2. The minimum absolute atomic E-state index is 0. The zero-order chi connectivity index (χ0) is 47.3. The van der Waals surface area contributed by atoms with Crippen molar-refractivity contribution in [1.29, 1.82) is 0 Å². The average Bonchev–Trinajstić information content (AvgIpc) is 4.00. The molecule has 0 radical (unpaired) electrons. The predicted octanol–water partition coefficient (Wildman–Crippen LogP) is 10.7. The van der Waals surface area contributed by atoms with Gasteiger partial charge in [-0.15, -0.1) is 33.9 Å². The molecule has 1 N–H and O–H groups in total. The van der Waals surface area contributed by atoms with Crippen LogP contribution in [-0.4, -0.2) is 65.6 Å². The van der Waals surface area contributed by atoms with Crippen molar-refractivity contribution in [2.45, 2.75) is 172 Å². The van der Waals surface area contributed by atoms with E-state index < -0.39 is 24.0 Å². The summed E-state index contributed by atoms with van der Waals surface area (Å²) in [5.74, 6) is -0.0631. The van der Waals surface area contributed by atoms with Gasteiger partial charge in [-0.05, 0) is 93.9 Å². The van der Waals surface area contributed by atoms with Crippen molar-refractivity contribution in [3.05, 3.63) is 77.6 Å². The van der Waals surface area contributed by atoms with E-state index in [1.807, 2.05) is 32.1 Å². The molecule has 8 bridgehead atoms. The summed E-state index contributed by atoms with van der Waals surface area (Å²) in [4.78, 5) is 51.7. The number of carbonyl (C=O) groups is 3. The number of carbonyl (C=O) groups excluding carboxylic acids is 3. The summed E-state index contributed by atoms with van der Waals surface area (Å²) in [6, 6.07) is -0.400. The molecular weight excluding hydrogens is 837 g/mol. The van der Waals surface area contributed by atoms with Gasteiger partial charge in [0, 0.05) is 12.0 Å². The summed E-state index contributed by atoms with van der Waals surface area (Å²) in [5.41, 5.74) is 7.58. The van der Waals surface area contributed by atoms with Crippen LogP contribution < -0.4 is 20.7 Å². The van der Waals surface area contributed by atoms with Gasteiger partial charge in [0.05, 0.1) is 19.8 Å². The topological polar surface area (TPSA) is 146 Å². The van der Waals surface area contributed by atoms with Crippen LogP contribution in [0.25, 0.3) is 34.4 Å². The Bertz CT molecular complexity index is 2280. The van der Waals surface area contributed by atoms with Crippen LogP contribution in [0.15, 0.2) is 22.7 Å². The van der Waals surface area contributed by atoms with Crippen LogP contribution in [0.3, 0.4) is 0 Å². The molecule has 358 valence electrons. The zero-order valence-corrected chi connectivity index (χ0v) is 43.8. The summed E-state index contributed by atoms with van der Waals surface area (Å²) in [5, 5.41) is 22.8. The quantitative estimate of drug-likeness (QED) is 0.0740. The standard InChI is InChI=1S/C55H79N4O6.Mg/c1-13-39-34(7)41-29-46-48(38(11)60)36(9)43(57-46)27-42-35(8)40(52(58-42)50-51(55(63)64-12)54(62)49-37(10)44(59-53(49)50)28-45(39)56-41)23-24-47(61)65-26-25-33(6)22-16-21-32(5)20-15-19-31(4)18-14-17-30(2)3;/h27-33,35,38-40,42,51,60H,13-26H2,1-12H3,(H-,58,59,62);/q-3;+2/p-1/b43-27-,45-28-,46-29-;/t31-,32-,33?,35+,38?,39-,40+,42?,51-;/m1./s1. The fourth-order valence-corrected chi connectivity index (χ4v) is 10.9. The van der Waals surface area contributed by atoms with E-state index in [2.05, 4.69) is 55.4 Å². The molecule has 3 aliphatic heterocycles. The second-order valence-electron chi connectivity index (χ2n) is 20.7. The number of aromatic nitrogens is 2. The van der Waals surface area contributed by atoms with Crippen LogP contribution in [0.1, 0.15) is 190 Å². The Balaban J connectivity index is 0.00000817. The molecule has 1 fully saturated rings. The largest absolute Gasteiger partial charge is 2.00 e. The van der Waals surface area contributed by atoms with Gasteiger partial charge in [-0.2, -0.15) is 11.4 Å². The van der Waals surface area contributed by atoms with Gasteiger partial charge < -0.3 is 35.2 Å². The Morgan fingerprint density at radius 1 is 0.833 bits per heavy atom. The average molecular weight is 916 g/mol. The van der Waals surface area contributed by atoms with E-state index in [1.54, 1.807) is 6.92 Å². The number of nitrogens with zero attached hydrogens (tertiary/aromatic N) is 4. The molecule has 0 aromatic carbocycles. The molecule has 2 aromatic heterocycles. The van der Waals surface area contributed by atoms with E-state index in [0.29, 0.717) is 63.4 Å². The number of ether oxygens (including phenoxy) is 2. The van der Waals surface area contributed by atoms with Crippen molar-refractivity contribution in [2.24, 2.45) is 47.3 Å². The monoisotopic (exact) mass is 915 g/mol. The normalized spacial score (nSPS) is 25.7.